The Bertz CT molecular complexity index is 3400. The van der Waals surface area contributed by atoms with E-state index >= 15 is 0 Å². The molecule has 8 aromatic rings. The van der Waals surface area contributed by atoms with Crippen molar-refractivity contribution in [3.8, 4) is 39.7 Å². The minimum absolute atomic E-state index is 0. The van der Waals surface area contributed by atoms with Crippen LogP contribution in [-0.2, 0) is 34.2 Å². The second-order valence-electron chi connectivity index (χ2n) is 17.6. The van der Waals surface area contributed by atoms with E-state index in [0.29, 0.717) is 39.5 Å². The molecule has 80 heavy (non-hydrogen) atoms. The molecule has 10 rings (SSSR count). The first kappa shape index (κ1) is 65.4. The van der Waals surface area contributed by atoms with Gasteiger partial charge in [-0.2, -0.15) is 47.8 Å². The molecule has 3 N–H and O–H groups in total. The van der Waals surface area contributed by atoms with Gasteiger partial charge >= 0.3 is 77.5 Å². The summed E-state index contributed by atoms with van der Waals surface area (Å²) in [5, 5.41) is 30.6. The first-order valence-corrected chi connectivity index (χ1v) is 25.0. The Hall–Kier alpha value is -7.11. The molecule has 0 spiro atoms. The van der Waals surface area contributed by atoms with E-state index in [4.69, 9.17) is 52.3 Å². The molecule has 0 aliphatic heterocycles. The minimum atomic E-state index is -0.636. The summed E-state index contributed by atoms with van der Waals surface area (Å²) in [7, 11) is 0. The Morgan fingerprint density at radius 2 is 1.00 bits per heavy atom. The quantitative estimate of drug-likeness (QED) is 0.0478. The number of rotatable bonds is 14. The van der Waals surface area contributed by atoms with E-state index in [9.17, 15) is 14.4 Å². The molecular formula is C58H53Cl2N9Na2O9. The molecule has 2 fully saturated rings. The molecule has 2 saturated carbocycles. The standard InChI is InChI=1S/C28H25ClN4O4.C27H24ClN4O2.C2H3N.CO2.2Na.H2O/c1-18-26(30-27(35)37-19(2)24-5-3-4-6-25(24)29)33(32-31-18)23-13-9-21(10-14-23)20-7-11-22(12-8-20)28(15-16-28)36-17-34;1-17-26(29-27(33)34-18(2)24-5-3-4-6-25(24)28)32(31-30-17)23-15-13-22(14-16-23)21-11-9-20(10-12-21)19-7-8-19;1-2-3;2-1-3;;;/h3-14,17,19H,15-16H2,1-2H3,(H,30,35);3-6,9-16,18H,7-8H2,1-2H3,(H,29,33);1H3;;;;1H2/q;-1;;;2*+1;/p-1/t19-;18-;;;;;/m11...../s1. The van der Waals surface area contributed by atoms with Crippen molar-refractivity contribution in [1.82, 2.24) is 30.0 Å². The van der Waals surface area contributed by atoms with Crippen LogP contribution in [0.1, 0.15) is 92.3 Å². The van der Waals surface area contributed by atoms with E-state index in [1.54, 1.807) is 55.3 Å². The van der Waals surface area contributed by atoms with Crippen molar-refractivity contribution in [2.24, 2.45) is 0 Å². The van der Waals surface area contributed by atoms with Gasteiger partial charge in [0, 0.05) is 28.1 Å². The van der Waals surface area contributed by atoms with Crippen molar-refractivity contribution in [1.29, 1.82) is 5.26 Å². The van der Waals surface area contributed by atoms with E-state index < -0.39 is 30.0 Å². The van der Waals surface area contributed by atoms with Gasteiger partial charge in [0.15, 0.2) is 11.6 Å². The van der Waals surface area contributed by atoms with E-state index in [1.165, 1.54) is 31.2 Å². The number of aryl methyl sites for hydroxylation is 2. The maximum absolute atomic E-state index is 12.7. The number of nitriles is 1. The predicted molar refractivity (Wildman–Crippen MR) is 291 cm³/mol. The molecule has 0 radical (unpaired) electrons. The van der Waals surface area contributed by atoms with Gasteiger partial charge < -0.3 is 19.7 Å². The van der Waals surface area contributed by atoms with Crippen LogP contribution < -0.4 is 69.7 Å². The van der Waals surface area contributed by atoms with Gasteiger partial charge in [0.25, 0.3) is 6.47 Å². The normalized spacial score (nSPS) is 12.6. The molecular weight excluding hydrogens is 1080 g/mol. The van der Waals surface area contributed by atoms with Crippen LogP contribution in [0.2, 0.25) is 10.0 Å². The van der Waals surface area contributed by atoms with Crippen molar-refractivity contribution in [3.63, 3.8) is 0 Å². The van der Waals surface area contributed by atoms with E-state index in [2.05, 4.69) is 55.5 Å². The molecule has 2 aliphatic carbocycles. The van der Waals surface area contributed by atoms with Crippen LogP contribution in [0.3, 0.4) is 0 Å². The average Bonchev–Trinajstić information content (AvgIpc) is 4.41. The monoisotopic (exact) mass is 1140 g/mol. The second-order valence-corrected chi connectivity index (χ2v) is 18.4. The number of nitrogens with one attached hydrogen (secondary N) is 2. The molecule has 2 amide bonds. The van der Waals surface area contributed by atoms with Crippen molar-refractivity contribution in [2.75, 3.05) is 10.6 Å². The molecule has 400 valence electrons. The average molecular weight is 1140 g/mol. The van der Waals surface area contributed by atoms with Crippen molar-refractivity contribution >= 4 is 59.6 Å². The molecule has 0 bridgehead atoms. The smallest absolute Gasteiger partial charge is 0.870 e. The molecule has 2 heterocycles. The number of hydrogen-bond acceptors (Lipinski definition) is 14. The fraction of sp³-hybridized carbons (Fsp3) is 0.207. The third-order valence-electron chi connectivity index (χ3n) is 12.4. The largest absolute Gasteiger partial charge is 1.00 e. The summed E-state index contributed by atoms with van der Waals surface area (Å²) in [6, 6.07) is 48.7. The van der Waals surface area contributed by atoms with Crippen LogP contribution in [0, 0.1) is 31.1 Å². The van der Waals surface area contributed by atoms with Gasteiger partial charge in [-0.1, -0.05) is 131 Å². The molecule has 2 aliphatic rings. The third-order valence-corrected chi connectivity index (χ3v) is 13.1. The summed E-state index contributed by atoms with van der Waals surface area (Å²) in [6.45, 7) is 9.03. The number of aromatic nitrogens is 6. The number of amides is 2. The number of carbonyl (C=O) groups is 3. The Kier molecular flexibility index (Phi) is 25.4. The van der Waals surface area contributed by atoms with Crippen LogP contribution in [0.4, 0.5) is 21.2 Å². The van der Waals surface area contributed by atoms with Gasteiger partial charge in [-0.05, 0) is 105 Å². The van der Waals surface area contributed by atoms with Gasteiger partial charge in [-0.15, -0.1) is 22.3 Å². The topological polar surface area (TPSA) is 252 Å². The summed E-state index contributed by atoms with van der Waals surface area (Å²) >= 11 is 12.4. The van der Waals surface area contributed by atoms with Gasteiger partial charge in [0.05, 0.1) is 17.4 Å². The van der Waals surface area contributed by atoms with E-state index in [0.717, 1.165) is 63.2 Å². The van der Waals surface area contributed by atoms with Crippen LogP contribution in [-0.4, -0.2) is 60.3 Å². The number of halogens is 2. The van der Waals surface area contributed by atoms with Crippen LogP contribution >= 0.6 is 23.2 Å². The maximum Gasteiger partial charge on any atom is 1.00 e. The minimum Gasteiger partial charge on any atom is -0.870 e. The SMILES string of the molecule is CC#N.Cc1nnn(-c2ccc(-c3ccc(C4(OC=O)CC4)cc3)cc2)c1NC(=O)O[C@H](C)c1ccccc1Cl.Cc1nnn(-c2ccc(-c3ccc([C-]4CC4)cc3)cc2)c1NC(=O)O[C@H](C)c1ccccc1Cl.O=C=O.[Na+].[Na+].[OH-]. The van der Waals surface area contributed by atoms with Gasteiger partial charge in [0.2, 0.25) is 0 Å². The predicted octanol–water partition coefficient (Wildman–Crippen LogP) is 7.07. The maximum atomic E-state index is 12.7. The zero-order chi connectivity index (χ0) is 55.1. The molecule has 18 nitrogen and oxygen atoms in total. The van der Waals surface area contributed by atoms with Crippen LogP contribution in [0.25, 0.3) is 33.6 Å². The zero-order valence-corrected chi connectivity index (χ0v) is 50.5. The first-order valence-electron chi connectivity index (χ1n) is 24.2. The summed E-state index contributed by atoms with van der Waals surface area (Å²) in [5.41, 5.74) is 10.3. The fourth-order valence-corrected chi connectivity index (χ4v) is 8.74. The number of benzene rings is 6. The summed E-state index contributed by atoms with van der Waals surface area (Å²) in [4.78, 5) is 52.3. The van der Waals surface area contributed by atoms with Crippen LogP contribution in [0.5, 0.6) is 0 Å². The number of carbonyl (C=O) groups excluding carboxylic acids is 5. The third kappa shape index (κ3) is 17.0. The van der Waals surface area contributed by atoms with Crippen molar-refractivity contribution < 1.29 is 103 Å². The molecule has 0 unspecified atom stereocenters. The van der Waals surface area contributed by atoms with Crippen molar-refractivity contribution in [2.45, 2.75) is 78.1 Å². The summed E-state index contributed by atoms with van der Waals surface area (Å²) in [5.74, 6) is 2.40. The summed E-state index contributed by atoms with van der Waals surface area (Å²) in [6.07, 6.45) is 2.08. The van der Waals surface area contributed by atoms with E-state index in [1.807, 2.05) is 109 Å². The van der Waals surface area contributed by atoms with Gasteiger partial charge in [-0.3, -0.25) is 15.4 Å². The van der Waals surface area contributed by atoms with Gasteiger partial charge in [0.1, 0.15) is 29.2 Å². The first-order chi connectivity index (χ1) is 37.2. The Morgan fingerprint density at radius 3 is 1.34 bits per heavy atom. The fourth-order valence-electron chi connectivity index (χ4n) is 8.16. The van der Waals surface area contributed by atoms with E-state index in [-0.39, 0.29) is 70.7 Å². The summed E-state index contributed by atoms with van der Waals surface area (Å²) < 4.78 is 19.5. The Labute approximate surface area is 517 Å². The molecule has 0 saturated heterocycles. The molecule has 6 aromatic carbocycles. The number of anilines is 2. The van der Waals surface area contributed by atoms with Crippen LogP contribution in [0.15, 0.2) is 146 Å². The number of ether oxygens (including phenoxy) is 3. The second kappa shape index (κ2) is 31.0. The number of hydrogen-bond donors (Lipinski definition) is 2. The Morgan fingerprint density at radius 1 is 0.650 bits per heavy atom. The van der Waals surface area contributed by atoms with Crippen molar-refractivity contribution in [3.05, 3.63) is 195 Å². The number of nitrogens with zero attached hydrogens (tertiary/aromatic N) is 7. The van der Waals surface area contributed by atoms with Gasteiger partial charge in [-0.25, -0.2) is 9.59 Å². The zero-order valence-electron chi connectivity index (χ0n) is 45.0. The molecule has 2 aromatic heterocycles. The molecule has 22 heteroatoms. The Balaban J connectivity index is 0.000000304. The molecule has 2 atom stereocenters.